The Morgan fingerprint density at radius 2 is 1.74 bits per heavy atom. The summed E-state index contributed by atoms with van der Waals surface area (Å²) in [6, 6.07) is 13.7. The summed E-state index contributed by atoms with van der Waals surface area (Å²) >= 11 is 0. The zero-order valence-corrected chi connectivity index (χ0v) is 20.1. The van der Waals surface area contributed by atoms with Gasteiger partial charge in [-0.2, -0.15) is 5.10 Å². The molecule has 9 heteroatoms. The van der Waals surface area contributed by atoms with Gasteiger partial charge in [-0.1, -0.05) is 12.1 Å². The number of hydrogen-bond acceptors (Lipinski definition) is 6. The average Bonchev–Trinajstić information content (AvgIpc) is 3.31. The lowest BCUT2D eigenvalue weighted by Gasteiger charge is -2.30. The predicted octanol–water partition coefficient (Wildman–Crippen LogP) is 4.48. The molecular formula is C26H28N4O5. The number of nitro groups is 1. The van der Waals surface area contributed by atoms with E-state index in [1.165, 1.54) is 16.8 Å². The molecule has 0 atom stereocenters. The molecule has 0 N–H and O–H groups in total. The highest BCUT2D eigenvalue weighted by Crippen LogP contribution is 2.27. The van der Waals surface area contributed by atoms with Gasteiger partial charge in [0.15, 0.2) is 0 Å². The average molecular weight is 477 g/mol. The van der Waals surface area contributed by atoms with Gasteiger partial charge in [0.2, 0.25) is 0 Å². The first-order valence-electron chi connectivity index (χ1n) is 11.7. The van der Waals surface area contributed by atoms with E-state index in [4.69, 9.17) is 9.84 Å². The van der Waals surface area contributed by atoms with Crippen molar-refractivity contribution >= 4 is 17.6 Å². The van der Waals surface area contributed by atoms with Gasteiger partial charge >= 0.3 is 5.97 Å². The van der Waals surface area contributed by atoms with Gasteiger partial charge in [0.25, 0.3) is 11.6 Å². The SMILES string of the molecule is CCOC(=O)C1CCN(C(=O)c2cc(-c3ccc(C)c(C)c3)nn2-c2ccc([N+](=O)[O-])cc2)CC1. The molecule has 0 saturated carbocycles. The first kappa shape index (κ1) is 24.1. The molecule has 35 heavy (non-hydrogen) atoms. The van der Waals surface area contributed by atoms with Gasteiger partial charge in [0.05, 0.1) is 28.8 Å². The third-order valence-corrected chi connectivity index (χ3v) is 6.44. The molecule has 2 heterocycles. The molecule has 0 aliphatic carbocycles. The molecule has 9 nitrogen and oxygen atoms in total. The van der Waals surface area contributed by atoms with Crippen LogP contribution in [0, 0.1) is 29.9 Å². The molecule has 0 spiro atoms. The van der Waals surface area contributed by atoms with E-state index in [1.807, 2.05) is 32.0 Å². The van der Waals surface area contributed by atoms with E-state index >= 15 is 0 Å². The van der Waals surface area contributed by atoms with E-state index in [2.05, 4.69) is 0 Å². The number of nitro benzene ring substituents is 1. The minimum absolute atomic E-state index is 0.0378. The fourth-order valence-electron chi connectivity index (χ4n) is 4.23. The summed E-state index contributed by atoms with van der Waals surface area (Å²) in [5.41, 5.74) is 4.66. The van der Waals surface area contributed by atoms with Crippen LogP contribution in [0.4, 0.5) is 5.69 Å². The first-order valence-corrected chi connectivity index (χ1v) is 11.7. The molecule has 1 fully saturated rings. The van der Waals surface area contributed by atoms with Crippen molar-refractivity contribution < 1.29 is 19.2 Å². The Kier molecular flexibility index (Phi) is 6.95. The number of aromatic nitrogens is 2. The normalized spacial score (nSPS) is 14.1. The maximum Gasteiger partial charge on any atom is 0.309 e. The number of non-ortho nitro benzene ring substituents is 1. The van der Waals surface area contributed by atoms with Crippen LogP contribution in [0.5, 0.6) is 0 Å². The second kappa shape index (κ2) is 10.1. The lowest BCUT2D eigenvalue weighted by Crippen LogP contribution is -2.41. The number of hydrogen-bond donors (Lipinski definition) is 0. The summed E-state index contributed by atoms with van der Waals surface area (Å²) in [6.45, 7) is 7.05. The smallest absolute Gasteiger partial charge is 0.309 e. The summed E-state index contributed by atoms with van der Waals surface area (Å²) in [6.07, 6.45) is 1.08. The Labute approximate surface area is 203 Å². The zero-order valence-electron chi connectivity index (χ0n) is 20.1. The number of aryl methyl sites for hydroxylation is 2. The number of carbonyl (C=O) groups excluding carboxylic acids is 2. The van der Waals surface area contributed by atoms with Gasteiger partial charge in [0.1, 0.15) is 5.69 Å². The Hall–Kier alpha value is -4.01. The Bertz CT molecular complexity index is 1260. The van der Waals surface area contributed by atoms with Crippen molar-refractivity contribution in [3.63, 3.8) is 0 Å². The number of piperidine rings is 1. The van der Waals surface area contributed by atoms with Crippen molar-refractivity contribution in [1.82, 2.24) is 14.7 Å². The summed E-state index contributed by atoms with van der Waals surface area (Å²) < 4.78 is 6.67. The van der Waals surface area contributed by atoms with Gasteiger partial charge in [0, 0.05) is 30.8 Å². The van der Waals surface area contributed by atoms with Crippen LogP contribution in [0.2, 0.25) is 0 Å². The largest absolute Gasteiger partial charge is 0.466 e. The van der Waals surface area contributed by atoms with Crippen molar-refractivity contribution in [2.75, 3.05) is 19.7 Å². The molecule has 1 aliphatic heterocycles. The van der Waals surface area contributed by atoms with Crippen molar-refractivity contribution in [3.05, 3.63) is 75.5 Å². The number of nitrogens with zero attached hydrogens (tertiary/aromatic N) is 4. The van der Waals surface area contributed by atoms with E-state index in [0.29, 0.717) is 49.6 Å². The maximum atomic E-state index is 13.6. The Balaban J connectivity index is 1.67. The first-order chi connectivity index (χ1) is 16.8. The second-order valence-electron chi connectivity index (χ2n) is 8.72. The van der Waals surface area contributed by atoms with Crippen LogP contribution in [0.15, 0.2) is 48.5 Å². The quantitative estimate of drug-likeness (QED) is 0.295. The lowest BCUT2D eigenvalue weighted by molar-refractivity contribution is -0.384. The van der Waals surface area contributed by atoms with Crippen LogP contribution in [0.1, 0.15) is 41.4 Å². The molecule has 2 aromatic carbocycles. The summed E-state index contributed by atoms with van der Waals surface area (Å²) in [7, 11) is 0. The number of amides is 1. The van der Waals surface area contributed by atoms with Crippen LogP contribution < -0.4 is 0 Å². The second-order valence-corrected chi connectivity index (χ2v) is 8.72. The van der Waals surface area contributed by atoms with Crippen LogP contribution in [0.25, 0.3) is 16.9 Å². The zero-order chi connectivity index (χ0) is 25.1. The molecule has 4 rings (SSSR count). The topological polar surface area (TPSA) is 108 Å². The molecule has 1 aliphatic rings. The molecule has 0 unspecified atom stereocenters. The van der Waals surface area contributed by atoms with E-state index in [9.17, 15) is 19.7 Å². The summed E-state index contributed by atoms with van der Waals surface area (Å²) in [4.78, 5) is 38.0. The number of likely N-dealkylation sites (tertiary alicyclic amines) is 1. The number of carbonyl (C=O) groups is 2. The van der Waals surface area contributed by atoms with E-state index < -0.39 is 4.92 Å². The van der Waals surface area contributed by atoms with Gasteiger partial charge in [-0.15, -0.1) is 0 Å². The third-order valence-electron chi connectivity index (χ3n) is 6.44. The molecule has 3 aromatic rings. The maximum absolute atomic E-state index is 13.6. The number of esters is 1. The Morgan fingerprint density at radius 1 is 1.06 bits per heavy atom. The van der Waals surface area contributed by atoms with Gasteiger partial charge in [-0.3, -0.25) is 19.7 Å². The van der Waals surface area contributed by atoms with Crippen molar-refractivity contribution in [1.29, 1.82) is 0 Å². The molecule has 0 bridgehead atoms. The van der Waals surface area contributed by atoms with E-state index in [0.717, 1.165) is 16.7 Å². The van der Waals surface area contributed by atoms with Crippen LogP contribution in [-0.2, 0) is 9.53 Å². The van der Waals surface area contributed by atoms with Crippen molar-refractivity contribution in [2.45, 2.75) is 33.6 Å². The van der Waals surface area contributed by atoms with Gasteiger partial charge in [-0.25, -0.2) is 4.68 Å². The number of rotatable bonds is 6. The minimum Gasteiger partial charge on any atom is -0.466 e. The molecule has 182 valence electrons. The van der Waals surface area contributed by atoms with Crippen molar-refractivity contribution in [3.8, 4) is 16.9 Å². The fourth-order valence-corrected chi connectivity index (χ4v) is 4.23. The summed E-state index contributed by atoms with van der Waals surface area (Å²) in [5, 5.41) is 15.8. The molecule has 0 radical (unpaired) electrons. The van der Waals surface area contributed by atoms with Gasteiger partial charge < -0.3 is 9.64 Å². The standard InChI is InChI=1S/C26H28N4O5/c1-4-35-26(32)19-11-13-28(14-12-19)25(31)24-16-23(20-6-5-17(2)18(3)15-20)27-29(24)21-7-9-22(10-8-21)30(33)34/h5-10,15-16,19H,4,11-14H2,1-3H3. The monoisotopic (exact) mass is 476 g/mol. The minimum atomic E-state index is -0.465. The highest BCUT2D eigenvalue weighted by Gasteiger charge is 2.30. The third kappa shape index (κ3) is 5.08. The number of ether oxygens (including phenoxy) is 1. The van der Waals surface area contributed by atoms with Crippen LogP contribution in [0.3, 0.4) is 0 Å². The Morgan fingerprint density at radius 3 is 2.34 bits per heavy atom. The van der Waals surface area contributed by atoms with Gasteiger partial charge in [-0.05, 0) is 69.0 Å². The van der Waals surface area contributed by atoms with Crippen LogP contribution >= 0.6 is 0 Å². The highest BCUT2D eigenvalue weighted by molar-refractivity contribution is 5.94. The lowest BCUT2D eigenvalue weighted by atomic mass is 9.97. The van der Waals surface area contributed by atoms with E-state index in [-0.39, 0.29) is 23.5 Å². The van der Waals surface area contributed by atoms with Crippen molar-refractivity contribution in [2.24, 2.45) is 5.92 Å². The summed E-state index contributed by atoms with van der Waals surface area (Å²) in [5.74, 6) is -0.620. The highest BCUT2D eigenvalue weighted by atomic mass is 16.6. The predicted molar refractivity (Wildman–Crippen MR) is 130 cm³/mol. The molecule has 1 aromatic heterocycles. The fraction of sp³-hybridized carbons (Fsp3) is 0.346. The van der Waals surface area contributed by atoms with E-state index in [1.54, 1.807) is 30.0 Å². The molecule has 1 saturated heterocycles. The molecule has 1 amide bonds. The number of benzene rings is 2. The molecular weight excluding hydrogens is 448 g/mol. The van der Waals surface area contributed by atoms with Crippen LogP contribution in [-0.4, -0.2) is 51.2 Å².